The van der Waals surface area contributed by atoms with Crippen molar-refractivity contribution in [2.24, 2.45) is 0 Å². The monoisotopic (exact) mass is 542 g/mol. The summed E-state index contributed by atoms with van der Waals surface area (Å²) in [5.74, 6) is 0.855. The third-order valence-electron chi connectivity index (χ3n) is 4.31. The van der Waals surface area contributed by atoms with E-state index in [1.807, 2.05) is 0 Å². The Bertz CT molecular complexity index is 455. The number of hydrogen-bond donors (Lipinski definition) is 0. The van der Waals surface area contributed by atoms with Gasteiger partial charge in [-0.2, -0.15) is 0 Å². The summed E-state index contributed by atoms with van der Waals surface area (Å²) in [6.45, 7) is 5.50. The molecule has 15 heteroatoms. The number of rotatable bonds is 19. The second kappa shape index (κ2) is 14.9. The highest BCUT2D eigenvalue weighted by Gasteiger charge is 2.59. The molecule has 9 nitrogen and oxygen atoms in total. The van der Waals surface area contributed by atoms with Gasteiger partial charge in [0.1, 0.15) is 0 Å². The molecule has 180 valence electrons. The van der Waals surface area contributed by atoms with E-state index in [2.05, 4.69) is 6.58 Å². The van der Waals surface area contributed by atoms with Crippen LogP contribution in [0.15, 0.2) is 12.3 Å². The smallest absolute Gasteiger partial charge is 0.377 e. The van der Waals surface area contributed by atoms with Crippen molar-refractivity contribution >= 4 is 58.4 Å². The van der Waals surface area contributed by atoms with Crippen LogP contribution < -0.4 is 0 Å². The minimum Gasteiger partial charge on any atom is -0.377 e. The molecule has 0 aliphatic heterocycles. The summed E-state index contributed by atoms with van der Waals surface area (Å²) in [5, 5.41) is 0. The summed E-state index contributed by atoms with van der Waals surface area (Å²) in [4.78, 5) is 0. The summed E-state index contributed by atoms with van der Waals surface area (Å²) < 4.78 is 53.0. The van der Waals surface area contributed by atoms with Gasteiger partial charge in [-0.3, -0.25) is 0 Å². The van der Waals surface area contributed by atoms with E-state index >= 15 is 0 Å². The molecule has 0 unspecified atom stereocenters. The Labute approximate surface area is 195 Å². The van der Waals surface area contributed by atoms with Gasteiger partial charge in [0.05, 0.1) is 0 Å². The zero-order valence-corrected chi connectivity index (χ0v) is 24.5. The molecule has 0 aromatic heterocycles. The standard InChI is InChI=1S/C15H36Cl2O9Si4/c1-9-28(18-2,19-3)24-27(8,25-29(20-4,21-5)14-10-12-16)26-30(22-6,23-7)15-11-13-17/h9H,1,10-15H2,2-8H3. The molecule has 0 radical (unpaired) electrons. The second-order valence-electron chi connectivity index (χ2n) is 6.15. The lowest BCUT2D eigenvalue weighted by atomic mass is 10.6. The molecule has 0 aliphatic rings. The van der Waals surface area contributed by atoms with E-state index in [0.717, 1.165) is 0 Å². The SMILES string of the molecule is C=C[Si](OC)(OC)O[Si](C)(O[Si](CCCCl)(OC)OC)O[Si](CCCCl)(OC)OC. The van der Waals surface area contributed by atoms with Crippen LogP contribution in [0.5, 0.6) is 0 Å². The van der Waals surface area contributed by atoms with E-state index in [1.54, 1.807) is 6.55 Å². The predicted molar refractivity (Wildman–Crippen MR) is 125 cm³/mol. The molecule has 0 saturated heterocycles. The second-order valence-corrected chi connectivity index (χ2v) is 18.9. The number of alkyl halides is 2. The first-order chi connectivity index (χ1) is 14.2. The maximum Gasteiger partial charge on any atom is 0.521 e. The molecule has 0 bridgehead atoms. The van der Waals surface area contributed by atoms with E-state index in [4.69, 9.17) is 62.1 Å². The molecule has 0 fully saturated rings. The Morgan fingerprint density at radius 2 is 1.03 bits per heavy atom. The summed E-state index contributed by atoms with van der Waals surface area (Å²) in [5.41, 5.74) is 1.49. The molecule has 0 aromatic rings. The van der Waals surface area contributed by atoms with Crippen LogP contribution in [0.3, 0.4) is 0 Å². The molecule has 0 aromatic carbocycles. The number of halogens is 2. The third-order valence-corrected chi connectivity index (χ3v) is 19.0. The molecule has 0 amide bonds. The Morgan fingerprint density at radius 3 is 1.27 bits per heavy atom. The molecular formula is C15H36Cl2O9Si4. The van der Waals surface area contributed by atoms with Crippen molar-refractivity contribution in [2.75, 3.05) is 54.4 Å². The van der Waals surface area contributed by atoms with E-state index in [0.29, 0.717) is 36.7 Å². The summed E-state index contributed by atoms with van der Waals surface area (Å²) >= 11 is 11.8. The maximum atomic E-state index is 6.43. The fourth-order valence-electron chi connectivity index (χ4n) is 2.67. The van der Waals surface area contributed by atoms with Crippen LogP contribution in [0, 0.1) is 0 Å². The molecule has 0 heterocycles. The van der Waals surface area contributed by atoms with E-state index in [1.165, 1.54) is 48.4 Å². The largest absolute Gasteiger partial charge is 0.521 e. The van der Waals surface area contributed by atoms with Crippen molar-refractivity contribution in [2.45, 2.75) is 31.5 Å². The van der Waals surface area contributed by atoms with Crippen molar-refractivity contribution < 1.29 is 38.9 Å². The van der Waals surface area contributed by atoms with Crippen molar-refractivity contribution in [3.8, 4) is 0 Å². The molecule has 30 heavy (non-hydrogen) atoms. The molecule has 0 N–H and O–H groups in total. The first-order valence-corrected chi connectivity index (χ1v) is 18.3. The van der Waals surface area contributed by atoms with Crippen molar-refractivity contribution in [1.29, 1.82) is 0 Å². The molecular weight excluding hydrogens is 507 g/mol. The van der Waals surface area contributed by atoms with Gasteiger partial charge < -0.3 is 38.9 Å². The minimum absolute atomic E-state index is 0.427. The first-order valence-electron chi connectivity index (χ1n) is 9.34. The fourth-order valence-corrected chi connectivity index (χ4v) is 17.6. The first kappa shape index (κ1) is 30.8. The Kier molecular flexibility index (Phi) is 15.3. The van der Waals surface area contributed by atoms with Gasteiger partial charge in [-0.1, -0.05) is 6.58 Å². The Morgan fingerprint density at radius 1 is 0.667 bits per heavy atom. The molecule has 0 rings (SSSR count). The topological polar surface area (TPSA) is 83.1 Å². The molecule has 0 aliphatic carbocycles. The summed E-state index contributed by atoms with van der Waals surface area (Å²) in [6.07, 6.45) is 1.25. The third kappa shape index (κ3) is 8.99. The molecule has 0 saturated carbocycles. The fraction of sp³-hybridized carbons (Fsp3) is 0.867. The van der Waals surface area contributed by atoms with E-state index in [-0.39, 0.29) is 0 Å². The van der Waals surface area contributed by atoms with Crippen molar-refractivity contribution in [3.05, 3.63) is 12.3 Å². The van der Waals surface area contributed by atoms with Gasteiger partial charge in [0, 0.05) is 73.1 Å². The van der Waals surface area contributed by atoms with E-state index < -0.39 is 35.2 Å². The average molecular weight is 544 g/mol. The average Bonchev–Trinajstić information content (AvgIpc) is 2.78. The van der Waals surface area contributed by atoms with Crippen LogP contribution in [0.25, 0.3) is 0 Å². The number of hydrogen-bond acceptors (Lipinski definition) is 9. The van der Waals surface area contributed by atoms with E-state index in [9.17, 15) is 0 Å². The lowest BCUT2D eigenvalue weighted by Crippen LogP contribution is -2.66. The van der Waals surface area contributed by atoms with Crippen LogP contribution in [0.1, 0.15) is 12.8 Å². The van der Waals surface area contributed by atoms with Gasteiger partial charge >= 0.3 is 35.2 Å². The summed E-state index contributed by atoms with van der Waals surface area (Å²) in [7, 11) is -4.32. The van der Waals surface area contributed by atoms with Crippen LogP contribution in [0.2, 0.25) is 18.6 Å². The van der Waals surface area contributed by atoms with Crippen LogP contribution in [-0.2, 0) is 38.9 Å². The molecule has 0 atom stereocenters. The predicted octanol–water partition coefficient (Wildman–Crippen LogP) is 3.28. The van der Waals surface area contributed by atoms with Crippen LogP contribution >= 0.6 is 23.2 Å². The van der Waals surface area contributed by atoms with Gasteiger partial charge in [-0.05, 0) is 18.5 Å². The van der Waals surface area contributed by atoms with Gasteiger partial charge in [0.25, 0.3) is 0 Å². The Hall–Kier alpha value is 0.828. The molecule has 0 spiro atoms. The quantitative estimate of drug-likeness (QED) is 0.180. The van der Waals surface area contributed by atoms with Gasteiger partial charge in [-0.25, -0.2) is 0 Å². The zero-order chi connectivity index (χ0) is 23.3. The van der Waals surface area contributed by atoms with Gasteiger partial charge in [0.2, 0.25) is 0 Å². The zero-order valence-electron chi connectivity index (χ0n) is 19.0. The van der Waals surface area contributed by atoms with Crippen molar-refractivity contribution in [3.63, 3.8) is 0 Å². The van der Waals surface area contributed by atoms with Gasteiger partial charge in [-0.15, -0.1) is 23.2 Å². The van der Waals surface area contributed by atoms with Crippen LogP contribution in [-0.4, -0.2) is 89.6 Å². The minimum atomic E-state index is -3.62. The lowest BCUT2D eigenvalue weighted by Gasteiger charge is -2.42. The lowest BCUT2D eigenvalue weighted by molar-refractivity contribution is 0.0671. The Balaban J connectivity index is 6.19. The van der Waals surface area contributed by atoms with Crippen molar-refractivity contribution in [1.82, 2.24) is 0 Å². The highest BCUT2D eigenvalue weighted by atomic mass is 35.5. The highest BCUT2D eigenvalue weighted by Crippen LogP contribution is 2.31. The highest BCUT2D eigenvalue weighted by molar-refractivity contribution is 6.85. The van der Waals surface area contributed by atoms with Gasteiger partial charge in [0.15, 0.2) is 0 Å². The summed E-state index contributed by atoms with van der Waals surface area (Å²) in [6, 6.07) is 0.940. The van der Waals surface area contributed by atoms with Crippen LogP contribution in [0.4, 0.5) is 0 Å². The normalized spacial score (nSPS) is 13.6. The maximum absolute atomic E-state index is 6.43.